The van der Waals surface area contributed by atoms with Crippen LogP contribution in [0.3, 0.4) is 0 Å². The lowest BCUT2D eigenvalue weighted by molar-refractivity contribution is 0.0389. The summed E-state index contributed by atoms with van der Waals surface area (Å²) in [6.45, 7) is 4.33. The van der Waals surface area contributed by atoms with Crippen molar-refractivity contribution in [3.8, 4) is 6.07 Å². The molecule has 1 unspecified atom stereocenters. The molecule has 2 aromatic rings. The SMILES string of the molecule is CC(NC1(CNc2snc(Cl)c2C#N)CCOCC1)c1ccccc1. The van der Waals surface area contributed by atoms with Gasteiger partial charge in [-0.2, -0.15) is 9.64 Å². The number of nitrogens with zero attached hydrogens (tertiary/aromatic N) is 2. The number of benzene rings is 1. The largest absolute Gasteiger partial charge is 0.381 e. The molecule has 2 N–H and O–H groups in total. The molecule has 1 aromatic carbocycles. The van der Waals surface area contributed by atoms with Crippen LogP contribution in [0.25, 0.3) is 0 Å². The van der Waals surface area contributed by atoms with Crippen molar-refractivity contribution in [3.63, 3.8) is 0 Å². The molecule has 0 saturated carbocycles. The van der Waals surface area contributed by atoms with E-state index in [9.17, 15) is 5.26 Å². The standard InChI is InChI=1S/C18H21ClN4OS/c1-13(14-5-3-2-4-6-14)22-18(7-9-24-10-8-18)12-21-17-15(11-20)16(19)23-25-17/h2-6,13,21-22H,7-10,12H2,1H3. The lowest BCUT2D eigenvalue weighted by Crippen LogP contribution is -2.54. The number of aromatic nitrogens is 1. The predicted octanol–water partition coefficient (Wildman–Crippen LogP) is 3.98. The topological polar surface area (TPSA) is 70.0 Å². The van der Waals surface area contributed by atoms with E-state index in [1.807, 2.05) is 6.07 Å². The van der Waals surface area contributed by atoms with Crippen LogP contribution in [0.4, 0.5) is 5.00 Å². The normalized spacial score (nSPS) is 17.6. The number of anilines is 1. The highest BCUT2D eigenvalue weighted by Gasteiger charge is 2.34. The van der Waals surface area contributed by atoms with Crippen molar-refractivity contribution >= 4 is 28.1 Å². The molecule has 1 atom stereocenters. The third-order valence-electron chi connectivity index (χ3n) is 4.62. The average Bonchev–Trinajstić information content (AvgIpc) is 3.01. The summed E-state index contributed by atoms with van der Waals surface area (Å²) in [5.74, 6) is 0. The molecule has 1 aliphatic rings. The Hall–Kier alpha value is -1.65. The van der Waals surface area contributed by atoms with Crippen molar-refractivity contribution in [1.82, 2.24) is 9.69 Å². The molecule has 1 aromatic heterocycles. The average molecular weight is 377 g/mol. The molecule has 1 fully saturated rings. The van der Waals surface area contributed by atoms with Crippen molar-refractivity contribution in [1.29, 1.82) is 5.26 Å². The number of halogens is 1. The first-order valence-corrected chi connectivity index (χ1v) is 9.48. The van der Waals surface area contributed by atoms with Gasteiger partial charge in [0.25, 0.3) is 0 Å². The van der Waals surface area contributed by atoms with Gasteiger partial charge in [-0.1, -0.05) is 41.9 Å². The number of nitrogens with one attached hydrogen (secondary N) is 2. The maximum absolute atomic E-state index is 9.24. The van der Waals surface area contributed by atoms with E-state index < -0.39 is 0 Å². The third-order valence-corrected chi connectivity index (χ3v) is 5.80. The Morgan fingerprint density at radius 2 is 2.08 bits per heavy atom. The quantitative estimate of drug-likeness (QED) is 0.797. The summed E-state index contributed by atoms with van der Waals surface area (Å²) in [6.07, 6.45) is 1.82. The molecule has 3 rings (SSSR count). The second kappa shape index (κ2) is 8.15. The summed E-state index contributed by atoms with van der Waals surface area (Å²) < 4.78 is 9.62. The highest BCUT2D eigenvalue weighted by atomic mass is 35.5. The number of rotatable bonds is 6. The summed E-state index contributed by atoms with van der Waals surface area (Å²) >= 11 is 7.20. The molecule has 0 bridgehead atoms. The Kier molecular flexibility index (Phi) is 5.92. The number of nitriles is 1. The molecule has 0 radical (unpaired) electrons. The molecular formula is C18H21ClN4OS. The Bertz CT molecular complexity index is 737. The molecule has 5 nitrogen and oxygen atoms in total. The molecule has 1 saturated heterocycles. The van der Waals surface area contributed by atoms with Crippen LogP contribution < -0.4 is 10.6 Å². The summed E-state index contributed by atoms with van der Waals surface area (Å²) in [7, 11) is 0. The first kappa shape index (κ1) is 18.2. The van der Waals surface area contributed by atoms with E-state index in [0.717, 1.165) is 31.1 Å². The van der Waals surface area contributed by atoms with Crippen molar-refractivity contribution in [3.05, 3.63) is 46.6 Å². The maximum atomic E-state index is 9.24. The monoisotopic (exact) mass is 376 g/mol. The van der Waals surface area contributed by atoms with Gasteiger partial charge in [0, 0.05) is 31.3 Å². The summed E-state index contributed by atoms with van der Waals surface area (Å²) in [6, 6.07) is 12.8. The van der Waals surface area contributed by atoms with Gasteiger partial charge in [-0.3, -0.25) is 0 Å². The van der Waals surface area contributed by atoms with Gasteiger partial charge in [-0.15, -0.1) is 0 Å². The van der Waals surface area contributed by atoms with Gasteiger partial charge in [0.15, 0.2) is 5.15 Å². The van der Waals surface area contributed by atoms with Crippen LogP contribution in [-0.4, -0.2) is 29.7 Å². The smallest absolute Gasteiger partial charge is 0.162 e. The molecular weight excluding hydrogens is 356 g/mol. The van der Waals surface area contributed by atoms with Crippen molar-refractivity contribution in [2.75, 3.05) is 25.1 Å². The highest BCUT2D eigenvalue weighted by molar-refractivity contribution is 7.10. The van der Waals surface area contributed by atoms with Crippen LogP contribution >= 0.6 is 23.1 Å². The second-order valence-corrected chi connectivity index (χ2v) is 7.44. The maximum Gasteiger partial charge on any atom is 0.162 e. The van der Waals surface area contributed by atoms with Gasteiger partial charge in [-0.05, 0) is 36.9 Å². The van der Waals surface area contributed by atoms with E-state index >= 15 is 0 Å². The molecule has 0 aliphatic carbocycles. The van der Waals surface area contributed by atoms with Gasteiger partial charge in [0.2, 0.25) is 0 Å². The zero-order chi connectivity index (χ0) is 17.7. The number of ether oxygens (including phenoxy) is 1. The van der Waals surface area contributed by atoms with Crippen molar-refractivity contribution < 1.29 is 4.74 Å². The van der Waals surface area contributed by atoms with Crippen LogP contribution in [-0.2, 0) is 4.74 Å². The summed E-state index contributed by atoms with van der Waals surface area (Å²) in [5.41, 5.74) is 1.58. The fraction of sp³-hybridized carbons (Fsp3) is 0.444. The van der Waals surface area contributed by atoms with Crippen LogP contribution in [0.2, 0.25) is 5.15 Å². The second-order valence-electron chi connectivity index (χ2n) is 6.31. The zero-order valence-electron chi connectivity index (χ0n) is 14.1. The molecule has 132 valence electrons. The minimum absolute atomic E-state index is 0.100. The van der Waals surface area contributed by atoms with Crippen LogP contribution in [0.5, 0.6) is 0 Å². The lowest BCUT2D eigenvalue weighted by Gasteiger charge is -2.40. The fourth-order valence-electron chi connectivity index (χ4n) is 3.16. The van der Waals surface area contributed by atoms with Gasteiger partial charge < -0.3 is 15.4 Å². The predicted molar refractivity (Wildman–Crippen MR) is 101 cm³/mol. The van der Waals surface area contributed by atoms with Gasteiger partial charge in [0.1, 0.15) is 16.6 Å². The van der Waals surface area contributed by atoms with Crippen molar-refractivity contribution in [2.24, 2.45) is 0 Å². The molecule has 0 amide bonds. The van der Waals surface area contributed by atoms with Crippen molar-refractivity contribution in [2.45, 2.75) is 31.3 Å². The van der Waals surface area contributed by atoms with Crippen LogP contribution in [0, 0.1) is 11.3 Å². The Morgan fingerprint density at radius 1 is 1.36 bits per heavy atom. The lowest BCUT2D eigenvalue weighted by atomic mass is 9.88. The molecule has 25 heavy (non-hydrogen) atoms. The minimum atomic E-state index is -0.100. The molecule has 2 heterocycles. The Labute approximate surface area is 157 Å². The zero-order valence-corrected chi connectivity index (χ0v) is 15.7. The van der Waals surface area contributed by atoms with E-state index in [1.54, 1.807) is 0 Å². The van der Waals surface area contributed by atoms with Gasteiger partial charge >= 0.3 is 0 Å². The fourth-order valence-corrected chi connectivity index (χ4v) is 4.09. The highest BCUT2D eigenvalue weighted by Crippen LogP contribution is 2.30. The van der Waals surface area contributed by atoms with E-state index in [4.69, 9.17) is 16.3 Å². The Balaban J connectivity index is 1.73. The van der Waals surface area contributed by atoms with Crippen LogP contribution in [0.1, 0.15) is 36.9 Å². The first-order valence-electron chi connectivity index (χ1n) is 8.33. The summed E-state index contributed by atoms with van der Waals surface area (Å²) in [5, 5.41) is 17.4. The van der Waals surface area contributed by atoms with Crippen LogP contribution in [0.15, 0.2) is 30.3 Å². The molecule has 1 aliphatic heterocycles. The first-order chi connectivity index (χ1) is 12.1. The molecule has 0 spiro atoms. The summed E-state index contributed by atoms with van der Waals surface area (Å²) in [4.78, 5) is 0. The minimum Gasteiger partial charge on any atom is -0.381 e. The van der Waals surface area contributed by atoms with E-state index in [2.05, 4.69) is 52.3 Å². The van der Waals surface area contributed by atoms with E-state index in [-0.39, 0.29) is 16.7 Å². The van der Waals surface area contributed by atoms with E-state index in [1.165, 1.54) is 17.1 Å². The van der Waals surface area contributed by atoms with E-state index in [0.29, 0.717) is 12.1 Å². The van der Waals surface area contributed by atoms with Gasteiger partial charge in [-0.25, -0.2) is 0 Å². The third kappa shape index (κ3) is 4.31. The van der Waals surface area contributed by atoms with Gasteiger partial charge in [0.05, 0.1) is 0 Å². The number of hydrogen-bond acceptors (Lipinski definition) is 6. The Morgan fingerprint density at radius 3 is 2.76 bits per heavy atom. The number of hydrogen-bond donors (Lipinski definition) is 2. The molecule has 7 heteroatoms.